The zero-order valence-corrected chi connectivity index (χ0v) is 16.1. The topological polar surface area (TPSA) is 77.5 Å². The number of benzene rings is 1. The Morgan fingerprint density at radius 3 is 2.66 bits per heavy atom. The maximum absolute atomic E-state index is 10.0. The third kappa shape index (κ3) is 3.32. The average Bonchev–Trinajstić information content (AvgIpc) is 3.41. The summed E-state index contributed by atoms with van der Waals surface area (Å²) in [7, 11) is 0. The van der Waals surface area contributed by atoms with Gasteiger partial charge in [0.15, 0.2) is 5.65 Å². The van der Waals surface area contributed by atoms with Crippen molar-refractivity contribution in [2.45, 2.75) is 19.4 Å². The van der Waals surface area contributed by atoms with Gasteiger partial charge >= 0.3 is 0 Å². The van der Waals surface area contributed by atoms with Gasteiger partial charge < -0.3 is 14.4 Å². The van der Waals surface area contributed by atoms with Crippen molar-refractivity contribution in [1.29, 1.82) is 0 Å². The Balaban J connectivity index is 1.49. The van der Waals surface area contributed by atoms with E-state index in [4.69, 9.17) is 4.74 Å². The Hall–Kier alpha value is -3.03. The number of ether oxygens (including phenoxy) is 1. The minimum atomic E-state index is -0.169. The molecule has 1 N–H and O–H groups in total. The monoisotopic (exact) mass is 389 g/mol. The predicted octanol–water partition coefficient (Wildman–Crippen LogP) is 3.05. The van der Waals surface area contributed by atoms with Crippen molar-refractivity contribution >= 4 is 5.65 Å². The normalized spacial score (nSPS) is 16.3. The smallest absolute Gasteiger partial charge is 0.162 e. The van der Waals surface area contributed by atoms with Crippen LogP contribution in [0.15, 0.2) is 61.3 Å². The van der Waals surface area contributed by atoms with Gasteiger partial charge in [-0.25, -0.2) is 14.5 Å². The zero-order valence-electron chi connectivity index (χ0n) is 16.1. The van der Waals surface area contributed by atoms with Crippen LogP contribution in [0.25, 0.3) is 28.2 Å². The Morgan fingerprint density at radius 1 is 1.03 bits per heavy atom. The summed E-state index contributed by atoms with van der Waals surface area (Å²) in [6.07, 6.45) is 11.1. The van der Waals surface area contributed by atoms with Crippen LogP contribution in [0.4, 0.5) is 0 Å². The van der Waals surface area contributed by atoms with Gasteiger partial charge in [0.2, 0.25) is 0 Å². The van der Waals surface area contributed by atoms with Gasteiger partial charge in [-0.3, -0.25) is 0 Å². The third-order valence-corrected chi connectivity index (χ3v) is 5.81. The number of aromatic nitrogens is 5. The van der Waals surface area contributed by atoms with E-state index in [9.17, 15) is 5.11 Å². The quantitative estimate of drug-likeness (QED) is 0.568. The minimum absolute atomic E-state index is 0.144. The SMILES string of the molecule is OCC1(Cn2ccnc2-c2cnc3c(-c4ccccc4)cnn3c2)CCOCC1. The van der Waals surface area contributed by atoms with Crippen molar-refractivity contribution < 1.29 is 9.84 Å². The highest BCUT2D eigenvalue weighted by Gasteiger charge is 2.33. The van der Waals surface area contributed by atoms with Gasteiger partial charge in [0.25, 0.3) is 0 Å². The van der Waals surface area contributed by atoms with E-state index in [1.807, 2.05) is 43.0 Å². The van der Waals surface area contributed by atoms with Crippen LogP contribution in [0.1, 0.15) is 12.8 Å². The largest absolute Gasteiger partial charge is 0.396 e. The average molecular weight is 389 g/mol. The molecular formula is C22H23N5O2. The minimum Gasteiger partial charge on any atom is -0.396 e. The summed E-state index contributed by atoms with van der Waals surface area (Å²) in [4.78, 5) is 9.23. The molecular weight excluding hydrogens is 366 g/mol. The molecule has 4 aromatic rings. The fourth-order valence-corrected chi connectivity index (χ4v) is 4.04. The van der Waals surface area contributed by atoms with Gasteiger partial charge in [0.05, 0.1) is 18.4 Å². The summed E-state index contributed by atoms with van der Waals surface area (Å²) in [6, 6.07) is 10.1. The molecule has 29 heavy (non-hydrogen) atoms. The molecule has 7 nitrogen and oxygen atoms in total. The maximum Gasteiger partial charge on any atom is 0.162 e. The first-order chi connectivity index (χ1) is 14.3. The van der Waals surface area contributed by atoms with Gasteiger partial charge in [-0.1, -0.05) is 30.3 Å². The number of aliphatic hydroxyl groups excluding tert-OH is 1. The highest BCUT2D eigenvalue weighted by Crippen LogP contribution is 2.33. The fraction of sp³-hybridized carbons (Fsp3) is 0.318. The van der Waals surface area contributed by atoms with Crippen LogP contribution in [-0.2, 0) is 11.3 Å². The molecule has 1 saturated heterocycles. The summed E-state index contributed by atoms with van der Waals surface area (Å²) in [5, 5.41) is 14.5. The van der Waals surface area contributed by atoms with Crippen LogP contribution in [0.5, 0.6) is 0 Å². The van der Waals surface area contributed by atoms with E-state index in [0.717, 1.165) is 41.0 Å². The van der Waals surface area contributed by atoms with Crippen molar-refractivity contribution in [1.82, 2.24) is 24.1 Å². The molecule has 0 atom stereocenters. The summed E-state index contributed by atoms with van der Waals surface area (Å²) in [5.74, 6) is 0.829. The highest BCUT2D eigenvalue weighted by atomic mass is 16.5. The Bertz CT molecular complexity index is 1110. The van der Waals surface area contributed by atoms with Gasteiger partial charge in [-0.05, 0) is 18.4 Å². The Kier molecular flexibility index (Phi) is 4.61. The second kappa shape index (κ2) is 7.42. The van der Waals surface area contributed by atoms with Gasteiger partial charge in [-0.15, -0.1) is 0 Å². The molecule has 1 aliphatic heterocycles. The number of aliphatic hydroxyl groups is 1. The number of nitrogens with zero attached hydrogens (tertiary/aromatic N) is 5. The molecule has 3 aromatic heterocycles. The predicted molar refractivity (Wildman–Crippen MR) is 109 cm³/mol. The van der Waals surface area contributed by atoms with Crippen molar-refractivity contribution in [3.05, 3.63) is 61.3 Å². The Labute approximate surface area is 168 Å². The standard InChI is InChI=1S/C22H23N5O2/c28-16-22(6-10-29-11-7-22)15-26-9-8-23-20(26)18-12-24-21-19(13-25-27(21)14-18)17-4-2-1-3-5-17/h1-5,8-9,12-14,28H,6-7,10-11,15-16H2. The molecule has 1 aliphatic rings. The van der Waals surface area contributed by atoms with E-state index in [2.05, 4.69) is 31.8 Å². The summed E-state index contributed by atoms with van der Waals surface area (Å²) >= 11 is 0. The van der Waals surface area contributed by atoms with Crippen molar-refractivity contribution in [2.24, 2.45) is 5.41 Å². The van der Waals surface area contributed by atoms with Crippen LogP contribution in [0, 0.1) is 5.41 Å². The number of imidazole rings is 1. The van der Waals surface area contributed by atoms with Crippen molar-refractivity contribution in [3.8, 4) is 22.5 Å². The molecule has 0 aliphatic carbocycles. The molecule has 0 spiro atoms. The van der Waals surface area contributed by atoms with E-state index in [0.29, 0.717) is 19.8 Å². The lowest BCUT2D eigenvalue weighted by molar-refractivity contribution is -0.0250. The first-order valence-electron chi connectivity index (χ1n) is 9.87. The summed E-state index contributed by atoms with van der Waals surface area (Å²) in [5.41, 5.74) is 3.63. The lowest BCUT2D eigenvalue weighted by atomic mass is 9.81. The molecule has 148 valence electrons. The van der Waals surface area contributed by atoms with E-state index >= 15 is 0 Å². The van der Waals surface area contributed by atoms with E-state index in [1.54, 1.807) is 10.7 Å². The molecule has 5 rings (SSSR count). The van der Waals surface area contributed by atoms with Crippen LogP contribution >= 0.6 is 0 Å². The highest BCUT2D eigenvalue weighted by molar-refractivity contribution is 5.77. The summed E-state index contributed by atoms with van der Waals surface area (Å²) in [6.45, 7) is 2.22. The molecule has 0 radical (unpaired) electrons. The van der Waals surface area contributed by atoms with Crippen molar-refractivity contribution in [3.63, 3.8) is 0 Å². The van der Waals surface area contributed by atoms with Gasteiger partial charge in [-0.2, -0.15) is 5.10 Å². The van der Waals surface area contributed by atoms with Crippen LogP contribution in [-0.4, -0.2) is 49.1 Å². The van der Waals surface area contributed by atoms with Crippen LogP contribution in [0.2, 0.25) is 0 Å². The maximum atomic E-state index is 10.0. The van der Waals surface area contributed by atoms with Crippen molar-refractivity contribution in [2.75, 3.05) is 19.8 Å². The third-order valence-electron chi connectivity index (χ3n) is 5.81. The molecule has 0 amide bonds. The second-order valence-electron chi connectivity index (χ2n) is 7.68. The van der Waals surface area contributed by atoms with E-state index < -0.39 is 0 Å². The lowest BCUT2D eigenvalue weighted by Crippen LogP contribution is -2.37. The van der Waals surface area contributed by atoms with E-state index in [1.165, 1.54) is 0 Å². The summed E-state index contributed by atoms with van der Waals surface area (Å²) < 4.78 is 9.39. The van der Waals surface area contributed by atoms with Crippen LogP contribution in [0.3, 0.4) is 0 Å². The Morgan fingerprint density at radius 2 is 1.86 bits per heavy atom. The molecule has 1 fully saturated rings. The number of hydrogen-bond donors (Lipinski definition) is 1. The lowest BCUT2D eigenvalue weighted by Gasteiger charge is -2.36. The molecule has 0 unspecified atom stereocenters. The zero-order chi connectivity index (χ0) is 19.7. The number of fused-ring (bicyclic) bond motifs is 1. The number of rotatable bonds is 5. The molecule has 7 heteroatoms. The first kappa shape index (κ1) is 18.0. The van der Waals surface area contributed by atoms with Gasteiger partial charge in [0.1, 0.15) is 5.82 Å². The second-order valence-corrected chi connectivity index (χ2v) is 7.68. The molecule has 0 saturated carbocycles. The molecule has 0 bridgehead atoms. The van der Waals surface area contributed by atoms with E-state index in [-0.39, 0.29) is 12.0 Å². The molecule has 4 heterocycles. The molecule has 1 aromatic carbocycles. The first-order valence-corrected chi connectivity index (χ1v) is 9.87. The van der Waals surface area contributed by atoms with Gasteiger partial charge in [0, 0.05) is 55.5 Å². The number of hydrogen-bond acceptors (Lipinski definition) is 5. The van der Waals surface area contributed by atoms with Crippen LogP contribution < -0.4 is 0 Å². The fourth-order valence-electron chi connectivity index (χ4n) is 4.04.